The van der Waals surface area contributed by atoms with Crippen LogP contribution in [0.25, 0.3) is 11.5 Å². The summed E-state index contributed by atoms with van der Waals surface area (Å²) in [5, 5.41) is 3.24. The van der Waals surface area contributed by atoms with Gasteiger partial charge in [-0.1, -0.05) is 26.0 Å². The van der Waals surface area contributed by atoms with E-state index >= 15 is 0 Å². The first kappa shape index (κ1) is 20.5. The maximum atomic E-state index is 13.0. The lowest BCUT2D eigenvalue weighted by Gasteiger charge is -2.36. The van der Waals surface area contributed by atoms with Gasteiger partial charge in [0.25, 0.3) is 0 Å². The molecule has 0 bridgehead atoms. The largest absolute Gasteiger partial charge is 0.493 e. The third-order valence-corrected chi connectivity index (χ3v) is 6.14. The van der Waals surface area contributed by atoms with Gasteiger partial charge in [-0.2, -0.15) is 0 Å². The number of amides is 1. The SMILES string of the molecule is CC1(C)Cc2nc(-c3cnccn3)ncc2[C@@H](NC(=O)Cc2ccc3c(c2)CCCO3)C1. The number of hydrogen-bond donors (Lipinski definition) is 1. The summed E-state index contributed by atoms with van der Waals surface area (Å²) >= 11 is 0. The predicted molar refractivity (Wildman–Crippen MR) is 120 cm³/mol. The second-order valence-electron chi connectivity index (χ2n) is 9.42. The molecule has 0 saturated heterocycles. The molecule has 7 heteroatoms. The molecule has 2 aliphatic rings. The summed E-state index contributed by atoms with van der Waals surface area (Å²) in [4.78, 5) is 30.7. The molecule has 32 heavy (non-hydrogen) atoms. The first-order chi connectivity index (χ1) is 15.5. The monoisotopic (exact) mass is 429 g/mol. The molecule has 1 aliphatic carbocycles. The molecule has 2 aromatic heterocycles. The van der Waals surface area contributed by atoms with E-state index in [2.05, 4.69) is 40.2 Å². The quantitative estimate of drug-likeness (QED) is 0.681. The zero-order valence-electron chi connectivity index (χ0n) is 18.5. The summed E-state index contributed by atoms with van der Waals surface area (Å²) in [5.74, 6) is 1.52. The number of carbonyl (C=O) groups is 1. The van der Waals surface area contributed by atoms with E-state index in [0.29, 0.717) is 17.9 Å². The molecule has 164 valence electrons. The Hall–Kier alpha value is -3.35. The highest BCUT2D eigenvalue weighted by molar-refractivity contribution is 5.79. The van der Waals surface area contributed by atoms with Crippen molar-refractivity contribution in [3.05, 3.63) is 65.4 Å². The average Bonchev–Trinajstić information content (AvgIpc) is 2.78. The second-order valence-corrected chi connectivity index (χ2v) is 9.42. The number of aryl methyl sites for hydroxylation is 1. The van der Waals surface area contributed by atoms with E-state index in [1.165, 1.54) is 5.56 Å². The van der Waals surface area contributed by atoms with Gasteiger partial charge in [-0.3, -0.25) is 9.78 Å². The molecule has 3 aromatic rings. The van der Waals surface area contributed by atoms with E-state index in [1.54, 1.807) is 18.6 Å². The molecule has 7 nitrogen and oxygen atoms in total. The molecule has 1 N–H and O–H groups in total. The highest BCUT2D eigenvalue weighted by Gasteiger charge is 2.34. The molecule has 0 saturated carbocycles. The fourth-order valence-electron chi connectivity index (χ4n) is 4.67. The van der Waals surface area contributed by atoms with E-state index in [4.69, 9.17) is 9.72 Å². The van der Waals surface area contributed by atoms with Crippen molar-refractivity contribution in [2.24, 2.45) is 5.41 Å². The lowest BCUT2D eigenvalue weighted by atomic mass is 9.74. The number of nitrogens with zero attached hydrogens (tertiary/aromatic N) is 4. The third kappa shape index (κ3) is 4.33. The van der Waals surface area contributed by atoms with Crippen molar-refractivity contribution in [2.45, 2.75) is 52.0 Å². The summed E-state index contributed by atoms with van der Waals surface area (Å²) in [6, 6.07) is 5.96. The summed E-state index contributed by atoms with van der Waals surface area (Å²) in [5.41, 5.74) is 4.82. The lowest BCUT2D eigenvalue weighted by molar-refractivity contribution is -0.121. The van der Waals surface area contributed by atoms with Crippen molar-refractivity contribution in [3.8, 4) is 17.3 Å². The van der Waals surface area contributed by atoms with Crippen LogP contribution in [0.15, 0.2) is 43.0 Å². The number of nitrogens with one attached hydrogen (secondary N) is 1. The Morgan fingerprint density at radius 2 is 2.12 bits per heavy atom. The molecule has 3 heterocycles. The molecule has 1 aromatic carbocycles. The van der Waals surface area contributed by atoms with Gasteiger partial charge >= 0.3 is 0 Å². The number of ether oxygens (including phenoxy) is 1. The van der Waals surface area contributed by atoms with Gasteiger partial charge in [0.05, 0.1) is 31.0 Å². The Morgan fingerprint density at radius 1 is 1.22 bits per heavy atom. The predicted octanol–water partition coefficient (Wildman–Crippen LogP) is 3.63. The minimum absolute atomic E-state index is 0.00771. The Labute approximate surface area is 187 Å². The van der Waals surface area contributed by atoms with Crippen LogP contribution in [0.5, 0.6) is 5.75 Å². The van der Waals surface area contributed by atoms with Crippen LogP contribution in [0.4, 0.5) is 0 Å². The molecule has 1 amide bonds. The molecule has 1 atom stereocenters. The van der Waals surface area contributed by atoms with Crippen molar-refractivity contribution in [1.82, 2.24) is 25.3 Å². The van der Waals surface area contributed by atoms with Gasteiger partial charge in [0.2, 0.25) is 5.91 Å². The molecular formula is C25H27N5O2. The first-order valence-electron chi connectivity index (χ1n) is 11.1. The molecule has 0 spiro atoms. The van der Waals surface area contributed by atoms with Crippen LogP contribution in [0.1, 0.15) is 55.1 Å². The summed E-state index contributed by atoms with van der Waals surface area (Å²) in [6.07, 6.45) is 10.8. The fourth-order valence-corrected chi connectivity index (χ4v) is 4.67. The van der Waals surface area contributed by atoms with Crippen molar-refractivity contribution >= 4 is 5.91 Å². The van der Waals surface area contributed by atoms with Gasteiger partial charge in [-0.15, -0.1) is 0 Å². The maximum absolute atomic E-state index is 13.0. The summed E-state index contributed by atoms with van der Waals surface area (Å²) in [7, 11) is 0. The average molecular weight is 430 g/mol. The van der Waals surface area contributed by atoms with E-state index in [9.17, 15) is 4.79 Å². The highest BCUT2D eigenvalue weighted by Crippen LogP contribution is 2.40. The fraction of sp³-hybridized carbons (Fsp3) is 0.400. The lowest BCUT2D eigenvalue weighted by Crippen LogP contribution is -2.37. The second kappa shape index (κ2) is 8.30. The van der Waals surface area contributed by atoms with Gasteiger partial charge in [-0.05, 0) is 48.3 Å². The minimum Gasteiger partial charge on any atom is -0.493 e. The Balaban J connectivity index is 1.35. The van der Waals surface area contributed by atoms with E-state index < -0.39 is 0 Å². The van der Waals surface area contributed by atoms with Gasteiger partial charge < -0.3 is 10.1 Å². The van der Waals surface area contributed by atoms with Crippen molar-refractivity contribution in [1.29, 1.82) is 0 Å². The number of aromatic nitrogens is 4. The minimum atomic E-state index is -0.113. The van der Waals surface area contributed by atoms with E-state index in [1.807, 2.05) is 18.3 Å². The van der Waals surface area contributed by atoms with Crippen molar-refractivity contribution < 1.29 is 9.53 Å². The molecule has 1 aliphatic heterocycles. The topological polar surface area (TPSA) is 89.9 Å². The normalized spacial score (nSPS) is 18.8. The Bertz CT molecular complexity index is 1150. The van der Waals surface area contributed by atoms with Gasteiger partial charge in [0.1, 0.15) is 11.4 Å². The molecule has 5 rings (SSSR count). The van der Waals surface area contributed by atoms with Crippen LogP contribution in [-0.4, -0.2) is 32.4 Å². The van der Waals surface area contributed by atoms with Gasteiger partial charge in [0, 0.05) is 24.2 Å². The first-order valence-corrected chi connectivity index (χ1v) is 11.1. The Morgan fingerprint density at radius 3 is 2.97 bits per heavy atom. The van der Waals surface area contributed by atoms with Crippen molar-refractivity contribution in [2.75, 3.05) is 6.61 Å². The standard InChI is InChI=1S/C25H27N5O2/c1-25(2)12-19(18-14-28-24(30-20(18)13-25)21-15-26-7-8-27-21)29-23(31)11-16-5-6-22-17(10-16)4-3-9-32-22/h5-8,10,14-15,19H,3-4,9,11-13H2,1-2H3,(H,29,31)/t19-/m0/s1. The molecule has 0 unspecified atom stereocenters. The van der Waals surface area contributed by atoms with Crippen LogP contribution in [0.2, 0.25) is 0 Å². The molecular weight excluding hydrogens is 402 g/mol. The van der Waals surface area contributed by atoms with Crippen LogP contribution < -0.4 is 10.1 Å². The maximum Gasteiger partial charge on any atom is 0.224 e. The number of fused-ring (bicyclic) bond motifs is 2. The van der Waals surface area contributed by atoms with E-state index in [-0.39, 0.29) is 17.4 Å². The zero-order chi connectivity index (χ0) is 22.1. The van der Waals surface area contributed by atoms with Crippen LogP contribution in [-0.2, 0) is 24.1 Å². The number of rotatable bonds is 4. The van der Waals surface area contributed by atoms with Gasteiger partial charge in [0.15, 0.2) is 5.82 Å². The van der Waals surface area contributed by atoms with Gasteiger partial charge in [-0.25, -0.2) is 15.0 Å². The summed E-state index contributed by atoms with van der Waals surface area (Å²) in [6.45, 7) is 5.19. The smallest absolute Gasteiger partial charge is 0.224 e. The third-order valence-electron chi connectivity index (χ3n) is 6.14. The van der Waals surface area contributed by atoms with Crippen LogP contribution >= 0.6 is 0 Å². The molecule has 0 radical (unpaired) electrons. The number of carbonyl (C=O) groups excluding carboxylic acids is 1. The highest BCUT2D eigenvalue weighted by atomic mass is 16.5. The zero-order valence-corrected chi connectivity index (χ0v) is 18.5. The molecule has 0 fully saturated rings. The number of hydrogen-bond acceptors (Lipinski definition) is 6. The van der Waals surface area contributed by atoms with Crippen LogP contribution in [0, 0.1) is 5.41 Å². The van der Waals surface area contributed by atoms with Crippen molar-refractivity contribution in [3.63, 3.8) is 0 Å². The van der Waals surface area contributed by atoms with Crippen LogP contribution in [0.3, 0.4) is 0 Å². The van der Waals surface area contributed by atoms with E-state index in [0.717, 1.165) is 54.9 Å². The Kier molecular flexibility index (Phi) is 5.33. The number of benzene rings is 1. The summed E-state index contributed by atoms with van der Waals surface area (Å²) < 4.78 is 5.69.